The molecule has 0 radical (unpaired) electrons. The summed E-state index contributed by atoms with van der Waals surface area (Å²) in [5.74, 6) is 0. The summed E-state index contributed by atoms with van der Waals surface area (Å²) < 4.78 is 2.34. The fourth-order valence-electron chi connectivity index (χ4n) is 2.58. The van der Waals surface area contributed by atoms with Crippen molar-refractivity contribution in [2.45, 2.75) is 20.3 Å². The second-order valence-corrected chi connectivity index (χ2v) is 7.98. The zero-order chi connectivity index (χ0) is 18.7. The highest BCUT2D eigenvalue weighted by Crippen LogP contribution is 2.15. The average molecular weight is 377 g/mol. The van der Waals surface area contributed by atoms with E-state index in [1.165, 1.54) is 15.9 Å². The Morgan fingerprint density at radius 3 is 2.58 bits per heavy atom. The summed E-state index contributed by atoms with van der Waals surface area (Å²) >= 11 is 2.77. The van der Waals surface area contributed by atoms with Crippen LogP contribution in [0.3, 0.4) is 0 Å². The minimum Gasteiger partial charge on any atom is -0.267 e. The van der Waals surface area contributed by atoms with E-state index >= 15 is 0 Å². The van der Waals surface area contributed by atoms with Gasteiger partial charge < -0.3 is 0 Å². The third-order valence-corrected chi connectivity index (χ3v) is 5.91. The van der Waals surface area contributed by atoms with Gasteiger partial charge in [-0.05, 0) is 49.2 Å². The highest BCUT2D eigenvalue weighted by Gasteiger charge is 2.11. The normalized spacial score (nSPS) is 11.2. The summed E-state index contributed by atoms with van der Waals surface area (Å²) in [6, 6.07) is 15.4. The van der Waals surface area contributed by atoms with Gasteiger partial charge in [0.2, 0.25) is 0 Å². The summed E-state index contributed by atoms with van der Waals surface area (Å²) in [5.41, 5.74) is 1.48. The molecule has 2 heterocycles. The second-order valence-electron chi connectivity index (χ2n) is 5.63. The van der Waals surface area contributed by atoms with Crippen molar-refractivity contribution >= 4 is 34.3 Å². The van der Waals surface area contributed by atoms with Crippen LogP contribution in [-0.2, 0) is 6.42 Å². The lowest BCUT2D eigenvalue weighted by molar-refractivity contribution is 0.979. The SMILES string of the molecule is CCc1cccc(-n2c(=C(C#N)C#N)s/c(=C/c3ccc(C)s3)c2=O)c1. The van der Waals surface area contributed by atoms with Gasteiger partial charge in [-0.2, -0.15) is 10.5 Å². The van der Waals surface area contributed by atoms with E-state index in [0.717, 1.165) is 21.7 Å². The van der Waals surface area contributed by atoms with E-state index in [4.69, 9.17) is 0 Å². The number of aryl methyl sites for hydroxylation is 2. The van der Waals surface area contributed by atoms with E-state index in [9.17, 15) is 15.3 Å². The van der Waals surface area contributed by atoms with Crippen LogP contribution in [0.2, 0.25) is 0 Å². The molecular formula is C20H15N3OS2. The zero-order valence-corrected chi connectivity index (χ0v) is 15.9. The number of benzene rings is 1. The van der Waals surface area contributed by atoms with Crippen LogP contribution in [0.1, 0.15) is 22.2 Å². The Morgan fingerprint density at radius 1 is 1.19 bits per heavy atom. The van der Waals surface area contributed by atoms with E-state index in [-0.39, 0.29) is 11.1 Å². The van der Waals surface area contributed by atoms with Gasteiger partial charge in [0.1, 0.15) is 16.8 Å². The van der Waals surface area contributed by atoms with Crippen molar-refractivity contribution in [2.75, 3.05) is 0 Å². The van der Waals surface area contributed by atoms with Gasteiger partial charge in [-0.25, -0.2) is 0 Å². The molecule has 0 unspecified atom stereocenters. The van der Waals surface area contributed by atoms with Crippen LogP contribution >= 0.6 is 22.7 Å². The average Bonchev–Trinajstić information content (AvgIpc) is 3.20. The van der Waals surface area contributed by atoms with Crippen molar-refractivity contribution < 1.29 is 0 Å². The smallest absolute Gasteiger partial charge is 0.267 e. The van der Waals surface area contributed by atoms with Crippen molar-refractivity contribution in [3.8, 4) is 17.8 Å². The number of nitriles is 2. The highest BCUT2D eigenvalue weighted by molar-refractivity contribution is 7.13. The molecule has 0 bridgehead atoms. The second kappa shape index (κ2) is 7.53. The molecule has 26 heavy (non-hydrogen) atoms. The number of aromatic nitrogens is 1. The number of thiazole rings is 1. The van der Waals surface area contributed by atoms with Gasteiger partial charge in [-0.15, -0.1) is 22.7 Å². The summed E-state index contributed by atoms with van der Waals surface area (Å²) in [5, 5.41) is 18.6. The minimum atomic E-state index is -0.215. The Morgan fingerprint density at radius 2 is 1.96 bits per heavy atom. The maximum absolute atomic E-state index is 13.1. The van der Waals surface area contributed by atoms with E-state index in [2.05, 4.69) is 0 Å². The fourth-order valence-corrected chi connectivity index (χ4v) is 4.52. The molecule has 0 aliphatic carbocycles. The Hall–Kier alpha value is -2.93. The van der Waals surface area contributed by atoms with Crippen molar-refractivity contribution in [3.05, 3.63) is 71.3 Å². The maximum Gasteiger partial charge on any atom is 0.273 e. The summed E-state index contributed by atoms with van der Waals surface area (Å²) in [6.07, 6.45) is 2.66. The molecule has 4 nitrogen and oxygen atoms in total. The van der Waals surface area contributed by atoms with Crippen LogP contribution in [-0.4, -0.2) is 4.57 Å². The molecule has 0 N–H and O–H groups in total. The van der Waals surface area contributed by atoms with Gasteiger partial charge >= 0.3 is 0 Å². The molecule has 2 aromatic heterocycles. The Balaban J connectivity index is 2.39. The lowest BCUT2D eigenvalue weighted by atomic mass is 10.1. The molecule has 3 rings (SSSR count). The predicted octanol–water partition coefficient (Wildman–Crippen LogP) is 2.86. The first kappa shape index (κ1) is 17.9. The number of thiophene rings is 1. The molecule has 0 atom stereocenters. The molecule has 0 aliphatic heterocycles. The summed E-state index contributed by atoms with van der Waals surface area (Å²) in [4.78, 5) is 15.2. The monoisotopic (exact) mass is 377 g/mol. The first-order chi connectivity index (χ1) is 12.6. The standard InChI is InChI=1S/C20H15N3OS2/c1-3-14-5-4-6-16(9-14)23-19(24)18(10-17-8-7-13(2)25-17)26-20(23)15(11-21)12-22/h4-10H,3H2,1-2H3/b18-10+. The molecule has 0 aliphatic rings. The topological polar surface area (TPSA) is 69.6 Å². The number of hydrogen-bond donors (Lipinski definition) is 0. The van der Waals surface area contributed by atoms with Crippen molar-refractivity contribution in [1.29, 1.82) is 10.5 Å². The third kappa shape index (κ3) is 3.39. The van der Waals surface area contributed by atoms with Crippen LogP contribution < -0.4 is 14.8 Å². The van der Waals surface area contributed by atoms with Gasteiger partial charge in [0, 0.05) is 9.75 Å². The van der Waals surface area contributed by atoms with Gasteiger partial charge in [-0.1, -0.05) is 19.1 Å². The molecule has 0 fully saturated rings. The first-order valence-corrected chi connectivity index (χ1v) is 9.64. The molecule has 0 amide bonds. The van der Waals surface area contributed by atoms with Crippen molar-refractivity contribution in [2.24, 2.45) is 0 Å². The Bertz CT molecular complexity index is 1210. The molecule has 0 spiro atoms. The quantitative estimate of drug-likeness (QED) is 0.705. The van der Waals surface area contributed by atoms with Gasteiger partial charge in [0.15, 0.2) is 5.57 Å². The number of rotatable bonds is 3. The molecule has 6 heteroatoms. The van der Waals surface area contributed by atoms with Crippen LogP contribution in [0.4, 0.5) is 0 Å². The summed E-state index contributed by atoms with van der Waals surface area (Å²) in [7, 11) is 0. The van der Waals surface area contributed by atoms with Crippen molar-refractivity contribution in [3.63, 3.8) is 0 Å². The van der Waals surface area contributed by atoms with Crippen LogP contribution in [0.25, 0.3) is 17.3 Å². The van der Waals surface area contributed by atoms with Gasteiger partial charge in [-0.3, -0.25) is 9.36 Å². The molecule has 128 valence electrons. The number of nitrogens with zero attached hydrogens (tertiary/aromatic N) is 3. The lowest BCUT2D eigenvalue weighted by Gasteiger charge is -2.04. The summed E-state index contributed by atoms with van der Waals surface area (Å²) in [6.45, 7) is 4.05. The maximum atomic E-state index is 13.1. The van der Waals surface area contributed by atoms with E-state index in [1.807, 2.05) is 68.5 Å². The highest BCUT2D eigenvalue weighted by atomic mass is 32.1. The Kier molecular flexibility index (Phi) is 5.18. The molecule has 0 saturated heterocycles. The molecule has 3 aromatic rings. The molecule has 0 saturated carbocycles. The fraction of sp³-hybridized carbons (Fsp3) is 0.150. The molecular weight excluding hydrogens is 362 g/mol. The third-order valence-electron chi connectivity index (χ3n) is 3.87. The van der Waals surface area contributed by atoms with Crippen LogP contribution in [0, 0.1) is 29.6 Å². The lowest BCUT2D eigenvalue weighted by Crippen LogP contribution is -2.30. The predicted molar refractivity (Wildman–Crippen MR) is 106 cm³/mol. The molecule has 1 aromatic carbocycles. The largest absolute Gasteiger partial charge is 0.273 e. The Labute approximate surface area is 158 Å². The van der Waals surface area contributed by atoms with Gasteiger partial charge in [0.25, 0.3) is 5.56 Å². The van der Waals surface area contributed by atoms with E-state index in [0.29, 0.717) is 14.9 Å². The zero-order valence-electron chi connectivity index (χ0n) is 14.3. The van der Waals surface area contributed by atoms with Gasteiger partial charge in [0.05, 0.1) is 10.2 Å². The first-order valence-electron chi connectivity index (χ1n) is 8.01. The van der Waals surface area contributed by atoms with E-state index in [1.54, 1.807) is 11.3 Å². The van der Waals surface area contributed by atoms with E-state index < -0.39 is 0 Å². The number of hydrogen-bond acceptors (Lipinski definition) is 5. The minimum absolute atomic E-state index is 0.0592. The van der Waals surface area contributed by atoms with Crippen LogP contribution in [0.5, 0.6) is 0 Å². The van der Waals surface area contributed by atoms with Crippen molar-refractivity contribution in [1.82, 2.24) is 4.57 Å². The van der Waals surface area contributed by atoms with Crippen LogP contribution in [0.15, 0.2) is 41.2 Å².